The van der Waals surface area contributed by atoms with E-state index in [1.807, 2.05) is 13.0 Å². The summed E-state index contributed by atoms with van der Waals surface area (Å²) in [5.74, 6) is -2.61. The van der Waals surface area contributed by atoms with E-state index in [-0.39, 0.29) is 0 Å². The fraction of sp³-hybridized carbons (Fsp3) is 0.308. The Balaban J connectivity index is 2.91. The molecule has 1 rings (SSSR count). The van der Waals surface area contributed by atoms with Crippen molar-refractivity contribution in [2.24, 2.45) is 5.73 Å². The van der Waals surface area contributed by atoms with Gasteiger partial charge in [0.25, 0.3) is 5.91 Å². The van der Waals surface area contributed by atoms with Gasteiger partial charge in [-0.05, 0) is 31.0 Å². The first-order valence-electron chi connectivity index (χ1n) is 5.71. The van der Waals surface area contributed by atoms with Crippen LogP contribution >= 0.6 is 0 Å². The SMILES string of the molecule is Cc1cccc(C(=O)NC(CC(N)=O)C(=O)O)c1C. The maximum atomic E-state index is 12.0. The molecule has 0 radical (unpaired) electrons. The van der Waals surface area contributed by atoms with Crippen molar-refractivity contribution in [2.75, 3.05) is 0 Å². The molecule has 0 aliphatic rings. The van der Waals surface area contributed by atoms with E-state index in [9.17, 15) is 14.4 Å². The van der Waals surface area contributed by atoms with E-state index in [4.69, 9.17) is 10.8 Å². The molecule has 19 heavy (non-hydrogen) atoms. The molecule has 0 spiro atoms. The number of aryl methyl sites for hydroxylation is 1. The van der Waals surface area contributed by atoms with Crippen molar-refractivity contribution < 1.29 is 19.5 Å². The van der Waals surface area contributed by atoms with Crippen molar-refractivity contribution in [3.63, 3.8) is 0 Å². The quantitative estimate of drug-likeness (QED) is 0.713. The summed E-state index contributed by atoms with van der Waals surface area (Å²) >= 11 is 0. The van der Waals surface area contributed by atoms with Gasteiger partial charge in [-0.1, -0.05) is 12.1 Å². The zero-order valence-electron chi connectivity index (χ0n) is 10.8. The molecule has 1 atom stereocenters. The number of primary amides is 1. The van der Waals surface area contributed by atoms with Gasteiger partial charge in [-0.2, -0.15) is 0 Å². The van der Waals surface area contributed by atoms with Crippen LogP contribution < -0.4 is 11.1 Å². The number of hydrogen-bond donors (Lipinski definition) is 3. The van der Waals surface area contributed by atoms with Crippen LogP contribution in [0.4, 0.5) is 0 Å². The van der Waals surface area contributed by atoms with Crippen LogP contribution in [0.2, 0.25) is 0 Å². The molecule has 2 amide bonds. The summed E-state index contributed by atoms with van der Waals surface area (Å²) in [6.45, 7) is 3.62. The molecule has 1 aromatic carbocycles. The number of amides is 2. The van der Waals surface area contributed by atoms with E-state index in [1.165, 1.54) is 0 Å². The summed E-state index contributed by atoms with van der Waals surface area (Å²) in [6, 6.07) is 3.84. The highest BCUT2D eigenvalue weighted by Gasteiger charge is 2.23. The molecule has 0 aliphatic heterocycles. The Morgan fingerprint density at radius 3 is 2.47 bits per heavy atom. The lowest BCUT2D eigenvalue weighted by Gasteiger charge is -2.14. The predicted molar refractivity (Wildman–Crippen MR) is 68.6 cm³/mol. The van der Waals surface area contributed by atoms with Crippen molar-refractivity contribution in [1.82, 2.24) is 5.32 Å². The van der Waals surface area contributed by atoms with Gasteiger partial charge in [-0.3, -0.25) is 9.59 Å². The van der Waals surface area contributed by atoms with E-state index in [2.05, 4.69) is 5.32 Å². The number of benzene rings is 1. The van der Waals surface area contributed by atoms with Crippen LogP contribution in [0.25, 0.3) is 0 Å². The molecule has 0 saturated heterocycles. The Morgan fingerprint density at radius 1 is 1.32 bits per heavy atom. The number of carboxylic acids is 1. The summed E-state index contributed by atoms with van der Waals surface area (Å²) in [7, 11) is 0. The molecule has 6 nitrogen and oxygen atoms in total. The second-order valence-corrected chi connectivity index (χ2v) is 4.28. The number of carbonyl (C=O) groups is 3. The van der Waals surface area contributed by atoms with Crippen LogP contribution in [0, 0.1) is 13.8 Å². The molecular weight excluding hydrogens is 248 g/mol. The van der Waals surface area contributed by atoms with Gasteiger partial charge in [0.2, 0.25) is 5.91 Å². The van der Waals surface area contributed by atoms with E-state index in [0.717, 1.165) is 11.1 Å². The van der Waals surface area contributed by atoms with Gasteiger partial charge in [0.05, 0.1) is 6.42 Å². The Bertz CT molecular complexity index is 525. The van der Waals surface area contributed by atoms with Gasteiger partial charge >= 0.3 is 5.97 Å². The summed E-state index contributed by atoms with van der Waals surface area (Å²) in [5.41, 5.74) is 7.02. The average molecular weight is 264 g/mol. The lowest BCUT2D eigenvalue weighted by Crippen LogP contribution is -2.43. The van der Waals surface area contributed by atoms with Gasteiger partial charge in [0, 0.05) is 5.56 Å². The second-order valence-electron chi connectivity index (χ2n) is 4.28. The zero-order valence-corrected chi connectivity index (χ0v) is 10.8. The molecule has 1 aromatic rings. The number of carbonyl (C=O) groups excluding carboxylic acids is 2. The molecule has 0 aliphatic carbocycles. The van der Waals surface area contributed by atoms with Crippen molar-refractivity contribution in [3.8, 4) is 0 Å². The van der Waals surface area contributed by atoms with Crippen LogP contribution in [0.15, 0.2) is 18.2 Å². The third-order valence-corrected chi connectivity index (χ3v) is 2.86. The Morgan fingerprint density at radius 2 is 1.95 bits per heavy atom. The molecule has 0 bridgehead atoms. The van der Waals surface area contributed by atoms with E-state index in [0.29, 0.717) is 5.56 Å². The van der Waals surface area contributed by atoms with Gasteiger partial charge in [0.15, 0.2) is 0 Å². The fourth-order valence-corrected chi connectivity index (χ4v) is 1.63. The third kappa shape index (κ3) is 3.80. The minimum Gasteiger partial charge on any atom is -0.480 e. The van der Waals surface area contributed by atoms with Crippen LogP contribution in [0.3, 0.4) is 0 Å². The maximum absolute atomic E-state index is 12.0. The maximum Gasteiger partial charge on any atom is 0.326 e. The van der Waals surface area contributed by atoms with Crippen LogP contribution in [0.5, 0.6) is 0 Å². The monoisotopic (exact) mass is 264 g/mol. The van der Waals surface area contributed by atoms with E-state index in [1.54, 1.807) is 19.1 Å². The molecule has 0 saturated carbocycles. The third-order valence-electron chi connectivity index (χ3n) is 2.86. The molecule has 0 heterocycles. The zero-order chi connectivity index (χ0) is 14.6. The average Bonchev–Trinajstić information content (AvgIpc) is 2.31. The van der Waals surface area contributed by atoms with Gasteiger partial charge < -0.3 is 16.2 Å². The fourth-order valence-electron chi connectivity index (χ4n) is 1.63. The topological polar surface area (TPSA) is 109 Å². The molecule has 6 heteroatoms. The number of carboxylic acid groups (broad SMARTS) is 1. The lowest BCUT2D eigenvalue weighted by molar-refractivity contribution is -0.140. The standard InChI is InChI=1S/C13H16N2O4/c1-7-4-3-5-9(8(7)2)12(17)15-10(13(18)19)6-11(14)16/h3-5,10H,6H2,1-2H3,(H2,14,16)(H,15,17)(H,18,19). The summed E-state index contributed by atoms with van der Waals surface area (Å²) in [5, 5.41) is 11.2. The summed E-state index contributed by atoms with van der Waals surface area (Å²) < 4.78 is 0. The van der Waals surface area contributed by atoms with Gasteiger partial charge in [-0.25, -0.2) is 4.79 Å². The molecule has 0 aromatic heterocycles. The number of aliphatic carboxylic acids is 1. The van der Waals surface area contributed by atoms with Crippen LogP contribution in [-0.4, -0.2) is 28.9 Å². The number of rotatable bonds is 5. The summed E-state index contributed by atoms with van der Waals surface area (Å²) in [4.78, 5) is 33.7. The Hall–Kier alpha value is -2.37. The van der Waals surface area contributed by atoms with Crippen LogP contribution in [0.1, 0.15) is 27.9 Å². The minimum atomic E-state index is -1.31. The van der Waals surface area contributed by atoms with Crippen molar-refractivity contribution in [3.05, 3.63) is 34.9 Å². The molecule has 1 unspecified atom stereocenters. The molecule has 0 fully saturated rings. The molecular formula is C13H16N2O4. The molecule has 102 valence electrons. The largest absolute Gasteiger partial charge is 0.480 e. The van der Waals surface area contributed by atoms with Gasteiger partial charge in [-0.15, -0.1) is 0 Å². The van der Waals surface area contributed by atoms with Crippen molar-refractivity contribution in [1.29, 1.82) is 0 Å². The first-order valence-corrected chi connectivity index (χ1v) is 5.71. The van der Waals surface area contributed by atoms with Crippen molar-refractivity contribution >= 4 is 17.8 Å². The lowest BCUT2D eigenvalue weighted by atomic mass is 10.0. The van der Waals surface area contributed by atoms with Crippen LogP contribution in [-0.2, 0) is 9.59 Å². The normalized spacial score (nSPS) is 11.7. The highest BCUT2D eigenvalue weighted by Crippen LogP contribution is 2.12. The van der Waals surface area contributed by atoms with Crippen molar-refractivity contribution in [2.45, 2.75) is 26.3 Å². The van der Waals surface area contributed by atoms with Gasteiger partial charge in [0.1, 0.15) is 6.04 Å². The Labute approximate surface area is 110 Å². The molecule has 4 N–H and O–H groups in total. The minimum absolute atomic E-state index is 0.385. The van der Waals surface area contributed by atoms with E-state index < -0.39 is 30.2 Å². The number of nitrogens with two attached hydrogens (primary N) is 1. The number of nitrogens with one attached hydrogen (secondary N) is 1. The Kier molecular flexibility index (Phi) is 4.63. The highest BCUT2D eigenvalue weighted by atomic mass is 16.4. The first kappa shape index (κ1) is 14.7. The highest BCUT2D eigenvalue weighted by molar-refractivity contribution is 5.98. The smallest absolute Gasteiger partial charge is 0.326 e. The summed E-state index contributed by atoms with van der Waals surface area (Å²) in [6.07, 6.45) is -0.439. The first-order chi connectivity index (χ1) is 8.82. The second kappa shape index (κ2) is 5.99. The predicted octanol–water partition coefficient (Wildman–Crippen LogP) is 0.362. The number of hydrogen-bond acceptors (Lipinski definition) is 3. The van der Waals surface area contributed by atoms with E-state index >= 15 is 0 Å².